The summed E-state index contributed by atoms with van der Waals surface area (Å²) in [7, 11) is 0. The molecule has 0 aliphatic rings. The van der Waals surface area contributed by atoms with E-state index < -0.39 is 66.1 Å². The summed E-state index contributed by atoms with van der Waals surface area (Å²) < 4.78 is 0. The zero-order chi connectivity index (χ0) is 24.4. The normalized spacial score (nSPS) is 14.7. The highest BCUT2D eigenvalue weighted by molar-refractivity contribution is 7.80. The van der Waals surface area contributed by atoms with Crippen molar-refractivity contribution in [1.82, 2.24) is 25.9 Å². The number of imidazole rings is 1. The number of carboxylic acids is 1. The van der Waals surface area contributed by atoms with Crippen LogP contribution in [0.4, 0.5) is 0 Å². The molecule has 0 fully saturated rings. The fourth-order valence-corrected chi connectivity index (χ4v) is 2.90. The van der Waals surface area contributed by atoms with Crippen LogP contribution in [0.1, 0.15) is 26.0 Å². The molecule has 1 heterocycles. The van der Waals surface area contributed by atoms with Crippen molar-refractivity contribution in [3.8, 4) is 0 Å². The lowest BCUT2D eigenvalue weighted by molar-refractivity contribution is -0.141. The molecular weight excluding hydrogens is 442 g/mol. The number of primary amides is 1. The molecule has 9 N–H and O–H groups in total. The van der Waals surface area contributed by atoms with Gasteiger partial charge in [0.05, 0.1) is 18.8 Å². The van der Waals surface area contributed by atoms with Gasteiger partial charge in [-0.1, -0.05) is 13.8 Å². The molecule has 4 amide bonds. The predicted octanol–water partition coefficient (Wildman–Crippen LogP) is -2.72. The fourth-order valence-electron chi connectivity index (χ4n) is 2.65. The molecule has 4 atom stereocenters. The van der Waals surface area contributed by atoms with Gasteiger partial charge in [0.25, 0.3) is 0 Å². The minimum atomic E-state index is -1.28. The Balaban J connectivity index is 2.99. The molecule has 4 unspecified atom stereocenters. The first-order valence-corrected chi connectivity index (χ1v) is 10.3. The summed E-state index contributed by atoms with van der Waals surface area (Å²) in [5.41, 5.74) is 11.2. The summed E-state index contributed by atoms with van der Waals surface area (Å²) in [5.74, 6) is -4.82. The highest BCUT2D eigenvalue weighted by Gasteiger charge is 2.32. The van der Waals surface area contributed by atoms with E-state index in [1.807, 2.05) is 0 Å². The van der Waals surface area contributed by atoms with E-state index in [0.29, 0.717) is 5.69 Å². The Hall–Kier alpha value is -3.13. The number of H-pyrrole nitrogens is 1. The number of carboxylic acid groups (broad SMARTS) is 1. The molecule has 1 aromatic heterocycles. The van der Waals surface area contributed by atoms with Crippen LogP contribution in [-0.4, -0.2) is 74.6 Å². The molecular formula is C18H29N7O6S. The van der Waals surface area contributed by atoms with Crippen molar-refractivity contribution in [1.29, 1.82) is 0 Å². The summed E-state index contributed by atoms with van der Waals surface area (Å²) in [6.45, 7) is 3.32. The average Bonchev–Trinajstić information content (AvgIpc) is 3.21. The Labute approximate surface area is 189 Å². The van der Waals surface area contributed by atoms with Crippen molar-refractivity contribution >= 4 is 42.2 Å². The van der Waals surface area contributed by atoms with Gasteiger partial charge in [0, 0.05) is 24.1 Å². The molecule has 1 aromatic rings. The van der Waals surface area contributed by atoms with Crippen molar-refractivity contribution in [2.24, 2.45) is 17.4 Å². The van der Waals surface area contributed by atoms with Crippen LogP contribution >= 0.6 is 12.6 Å². The number of carbonyl (C=O) groups is 5. The number of hydrogen-bond donors (Lipinski definition) is 8. The number of thiol groups is 1. The lowest BCUT2D eigenvalue weighted by atomic mass is 10.0. The topological polar surface area (TPSA) is 222 Å². The molecule has 14 heteroatoms. The highest BCUT2D eigenvalue weighted by atomic mass is 32.1. The van der Waals surface area contributed by atoms with Gasteiger partial charge in [-0.3, -0.25) is 19.2 Å². The summed E-state index contributed by atoms with van der Waals surface area (Å²) >= 11 is 3.91. The van der Waals surface area contributed by atoms with Gasteiger partial charge in [0.2, 0.25) is 23.6 Å². The van der Waals surface area contributed by atoms with E-state index in [9.17, 15) is 24.0 Å². The zero-order valence-corrected chi connectivity index (χ0v) is 18.6. The van der Waals surface area contributed by atoms with Crippen LogP contribution in [0.25, 0.3) is 0 Å². The van der Waals surface area contributed by atoms with Gasteiger partial charge in [-0.15, -0.1) is 0 Å². The molecule has 32 heavy (non-hydrogen) atoms. The van der Waals surface area contributed by atoms with Crippen LogP contribution in [0.2, 0.25) is 0 Å². The Morgan fingerprint density at radius 1 is 1.09 bits per heavy atom. The van der Waals surface area contributed by atoms with E-state index in [4.69, 9.17) is 16.6 Å². The van der Waals surface area contributed by atoms with Crippen molar-refractivity contribution in [2.75, 3.05) is 5.75 Å². The van der Waals surface area contributed by atoms with Gasteiger partial charge < -0.3 is 37.5 Å². The number of nitrogens with zero attached hydrogens (tertiary/aromatic N) is 1. The second-order valence-electron chi connectivity index (χ2n) is 7.43. The standard InChI is InChI=1S/C18H29N7O6S/c1-8(2)14(25-15(27)10(19)4-13(20)26)17(29)23-11(3-9-5-21-7-22-9)16(28)24-12(6-32)18(30)31/h5,7-8,10-12,14,32H,3-4,6,19H2,1-2H3,(H2,20,26)(H,21,22)(H,23,29)(H,24,28)(H,25,27)(H,30,31). The Morgan fingerprint density at radius 2 is 1.72 bits per heavy atom. The van der Waals surface area contributed by atoms with Gasteiger partial charge in [-0.05, 0) is 5.92 Å². The van der Waals surface area contributed by atoms with Crippen LogP contribution in [0.3, 0.4) is 0 Å². The second kappa shape index (κ2) is 12.7. The molecule has 0 saturated heterocycles. The maximum absolute atomic E-state index is 12.9. The van der Waals surface area contributed by atoms with Gasteiger partial charge in [-0.2, -0.15) is 12.6 Å². The zero-order valence-electron chi connectivity index (χ0n) is 17.7. The number of amides is 4. The van der Waals surface area contributed by atoms with Crippen LogP contribution in [-0.2, 0) is 30.4 Å². The third-order valence-electron chi connectivity index (χ3n) is 4.41. The quantitative estimate of drug-likeness (QED) is 0.141. The van der Waals surface area contributed by atoms with E-state index in [1.54, 1.807) is 13.8 Å². The summed E-state index contributed by atoms with van der Waals surface area (Å²) in [6, 6.07) is -4.77. The molecule has 13 nitrogen and oxygen atoms in total. The summed E-state index contributed by atoms with van der Waals surface area (Å²) in [5, 5.41) is 16.4. The largest absolute Gasteiger partial charge is 0.480 e. The number of hydrogen-bond acceptors (Lipinski definition) is 8. The van der Waals surface area contributed by atoms with E-state index in [0.717, 1.165) is 0 Å². The average molecular weight is 472 g/mol. The van der Waals surface area contributed by atoms with E-state index >= 15 is 0 Å². The number of aromatic nitrogens is 2. The fraction of sp³-hybridized carbons (Fsp3) is 0.556. The minimum Gasteiger partial charge on any atom is -0.480 e. The third kappa shape index (κ3) is 8.55. The molecule has 0 bridgehead atoms. The first kappa shape index (κ1) is 26.9. The number of nitrogens with two attached hydrogens (primary N) is 2. The smallest absolute Gasteiger partial charge is 0.327 e. The minimum absolute atomic E-state index is 0.0174. The van der Waals surface area contributed by atoms with Crippen LogP contribution in [0.5, 0.6) is 0 Å². The van der Waals surface area contributed by atoms with E-state index in [-0.39, 0.29) is 12.2 Å². The maximum atomic E-state index is 12.9. The Kier molecular flexibility index (Phi) is 10.6. The Bertz CT molecular complexity index is 817. The number of rotatable bonds is 13. The summed E-state index contributed by atoms with van der Waals surface area (Å²) in [6.07, 6.45) is 2.42. The van der Waals surface area contributed by atoms with Gasteiger partial charge >= 0.3 is 5.97 Å². The Morgan fingerprint density at radius 3 is 2.19 bits per heavy atom. The highest BCUT2D eigenvalue weighted by Crippen LogP contribution is 2.06. The van der Waals surface area contributed by atoms with Crippen LogP contribution in [0.15, 0.2) is 12.5 Å². The lowest BCUT2D eigenvalue weighted by Crippen LogP contribution is -2.59. The van der Waals surface area contributed by atoms with Crippen LogP contribution in [0, 0.1) is 5.92 Å². The van der Waals surface area contributed by atoms with Gasteiger partial charge in [0.1, 0.15) is 18.1 Å². The van der Waals surface area contributed by atoms with Crippen molar-refractivity contribution < 1.29 is 29.1 Å². The third-order valence-corrected chi connectivity index (χ3v) is 4.78. The van der Waals surface area contributed by atoms with Gasteiger partial charge in [0.15, 0.2) is 0 Å². The number of nitrogens with one attached hydrogen (secondary N) is 4. The van der Waals surface area contributed by atoms with Gasteiger partial charge in [-0.25, -0.2) is 9.78 Å². The van der Waals surface area contributed by atoms with Crippen molar-refractivity contribution in [2.45, 2.75) is 50.9 Å². The lowest BCUT2D eigenvalue weighted by Gasteiger charge is -2.26. The monoisotopic (exact) mass is 471 g/mol. The first-order chi connectivity index (χ1) is 15.0. The molecule has 1 rings (SSSR count). The molecule has 0 aromatic carbocycles. The summed E-state index contributed by atoms with van der Waals surface area (Å²) in [4.78, 5) is 66.7. The SMILES string of the molecule is CC(C)C(NC(=O)C(N)CC(N)=O)C(=O)NC(Cc1cnc[nH]1)C(=O)NC(CS)C(=O)O. The molecule has 178 valence electrons. The number of aliphatic carboxylic acids is 1. The molecule has 0 aliphatic heterocycles. The molecule has 0 radical (unpaired) electrons. The van der Waals surface area contributed by atoms with Crippen LogP contribution < -0.4 is 27.4 Å². The number of aromatic amines is 1. The van der Waals surface area contributed by atoms with E-state index in [2.05, 4.69) is 38.5 Å². The second-order valence-corrected chi connectivity index (χ2v) is 7.80. The molecule has 0 aliphatic carbocycles. The predicted molar refractivity (Wildman–Crippen MR) is 116 cm³/mol. The van der Waals surface area contributed by atoms with Crippen molar-refractivity contribution in [3.05, 3.63) is 18.2 Å². The molecule has 0 spiro atoms. The number of carbonyl (C=O) groups excluding carboxylic acids is 4. The van der Waals surface area contributed by atoms with Crippen molar-refractivity contribution in [3.63, 3.8) is 0 Å². The maximum Gasteiger partial charge on any atom is 0.327 e. The first-order valence-electron chi connectivity index (χ1n) is 9.72. The molecule has 0 saturated carbocycles. The van der Waals surface area contributed by atoms with E-state index in [1.165, 1.54) is 12.5 Å².